The van der Waals surface area contributed by atoms with Crippen LogP contribution in [0.5, 0.6) is 0 Å². The van der Waals surface area contributed by atoms with E-state index in [-0.39, 0.29) is 23.3 Å². The summed E-state index contributed by atoms with van der Waals surface area (Å²) < 4.78 is 18.4. The number of carbonyl (C=O) groups is 2. The zero-order valence-electron chi connectivity index (χ0n) is 12.6. The third-order valence-corrected chi connectivity index (χ3v) is 4.83. The number of fused-ring (bicyclic) bond motifs is 1. The lowest BCUT2D eigenvalue weighted by molar-refractivity contribution is -0.951. The van der Waals surface area contributed by atoms with Crippen molar-refractivity contribution in [3.63, 3.8) is 0 Å². The summed E-state index contributed by atoms with van der Waals surface area (Å²) in [6, 6.07) is 3.81. The van der Waals surface area contributed by atoms with Gasteiger partial charge in [-0.25, -0.2) is 9.18 Å². The van der Waals surface area contributed by atoms with Gasteiger partial charge in [0.2, 0.25) is 5.91 Å². The molecule has 1 unspecified atom stereocenters. The van der Waals surface area contributed by atoms with Crippen LogP contribution in [0.4, 0.5) is 10.1 Å². The Morgan fingerprint density at radius 1 is 1.43 bits per heavy atom. The fourth-order valence-corrected chi connectivity index (χ4v) is 3.56. The Kier molecular flexibility index (Phi) is 4.82. The zero-order chi connectivity index (χ0) is 16.4. The first-order valence-corrected chi connectivity index (χ1v) is 8.19. The molecule has 0 radical (unpaired) electrons. The molecule has 0 aliphatic carbocycles. The van der Waals surface area contributed by atoms with Gasteiger partial charge in [0.05, 0.1) is 18.0 Å². The second kappa shape index (κ2) is 6.84. The quantitative estimate of drug-likeness (QED) is 0.811. The Hall–Kier alpha value is -1.66. The van der Waals surface area contributed by atoms with Gasteiger partial charge in [-0.15, -0.1) is 0 Å². The number of hydrogen-bond acceptors (Lipinski definition) is 3. The first-order valence-electron chi connectivity index (χ1n) is 7.81. The van der Waals surface area contributed by atoms with E-state index in [1.165, 1.54) is 18.2 Å². The van der Waals surface area contributed by atoms with Gasteiger partial charge < -0.3 is 15.0 Å². The van der Waals surface area contributed by atoms with Gasteiger partial charge in [-0.2, -0.15) is 0 Å². The molecule has 1 aromatic carbocycles. The molecule has 2 aliphatic heterocycles. The van der Waals surface area contributed by atoms with Crippen LogP contribution in [0.15, 0.2) is 18.2 Å². The number of quaternary nitrogens is 1. The smallest absolute Gasteiger partial charge is 0.365 e. The SMILES string of the molecule is O=C(C[C@H]1C(=O)OC[C@@H]2CCCC[NH+]21)Nc1ccc(F)c(Cl)c1. The number of cyclic esters (lactones) is 1. The van der Waals surface area contributed by atoms with Crippen molar-refractivity contribution >= 4 is 29.2 Å². The number of benzene rings is 1. The van der Waals surface area contributed by atoms with Crippen molar-refractivity contribution < 1.29 is 23.6 Å². The molecule has 2 fully saturated rings. The summed E-state index contributed by atoms with van der Waals surface area (Å²) in [5.41, 5.74) is 0.413. The lowest BCUT2D eigenvalue weighted by atomic mass is 9.97. The van der Waals surface area contributed by atoms with Crippen LogP contribution in [0.25, 0.3) is 0 Å². The largest absolute Gasteiger partial charge is 0.455 e. The number of ether oxygens (including phenoxy) is 1. The molecule has 3 rings (SSSR count). The van der Waals surface area contributed by atoms with Crippen LogP contribution in [0.1, 0.15) is 25.7 Å². The van der Waals surface area contributed by atoms with Crippen molar-refractivity contribution in [2.24, 2.45) is 0 Å². The van der Waals surface area contributed by atoms with Crippen molar-refractivity contribution in [1.82, 2.24) is 0 Å². The molecule has 7 heteroatoms. The minimum atomic E-state index is -0.541. The van der Waals surface area contributed by atoms with Crippen LogP contribution >= 0.6 is 11.6 Å². The Labute approximate surface area is 138 Å². The minimum Gasteiger partial charge on any atom is -0.455 e. The van der Waals surface area contributed by atoms with Crippen LogP contribution < -0.4 is 10.2 Å². The standard InChI is InChI=1S/C16H18ClFN2O3/c17-12-7-10(4-5-13(12)18)19-15(21)8-14-16(22)23-9-11-3-1-2-6-20(11)14/h4-5,7,11,14H,1-3,6,8-9H2,(H,19,21)/p+1/t11-,14-/m0/s1. The predicted molar refractivity (Wildman–Crippen MR) is 82.9 cm³/mol. The summed E-state index contributed by atoms with van der Waals surface area (Å²) in [7, 11) is 0. The predicted octanol–water partition coefficient (Wildman–Crippen LogP) is 1.17. The normalized spacial score (nSPS) is 27.0. The summed E-state index contributed by atoms with van der Waals surface area (Å²) in [5, 5.41) is 2.61. The Balaban J connectivity index is 1.65. The molecule has 1 aromatic rings. The maximum absolute atomic E-state index is 13.1. The molecule has 23 heavy (non-hydrogen) atoms. The van der Waals surface area contributed by atoms with E-state index in [2.05, 4.69) is 5.32 Å². The lowest BCUT2D eigenvalue weighted by Gasteiger charge is -2.40. The third kappa shape index (κ3) is 3.64. The Morgan fingerprint density at radius 2 is 2.26 bits per heavy atom. The van der Waals surface area contributed by atoms with Crippen LogP contribution in [0.3, 0.4) is 0 Å². The summed E-state index contributed by atoms with van der Waals surface area (Å²) >= 11 is 5.70. The van der Waals surface area contributed by atoms with Gasteiger partial charge in [0.15, 0.2) is 6.04 Å². The van der Waals surface area contributed by atoms with E-state index < -0.39 is 11.9 Å². The molecule has 2 heterocycles. The topological polar surface area (TPSA) is 59.8 Å². The van der Waals surface area contributed by atoms with Crippen molar-refractivity contribution in [2.75, 3.05) is 18.5 Å². The van der Waals surface area contributed by atoms with Gasteiger partial charge in [0.1, 0.15) is 18.5 Å². The second-order valence-corrected chi connectivity index (χ2v) is 6.49. The molecular weight excluding hydrogens is 323 g/mol. The van der Waals surface area contributed by atoms with E-state index in [1.807, 2.05) is 0 Å². The van der Waals surface area contributed by atoms with E-state index in [4.69, 9.17) is 16.3 Å². The molecule has 2 saturated heterocycles. The summed E-state index contributed by atoms with van der Waals surface area (Å²) in [6.07, 6.45) is 3.28. The Morgan fingerprint density at radius 3 is 3.04 bits per heavy atom. The summed E-state index contributed by atoms with van der Waals surface area (Å²) in [5.74, 6) is -1.15. The maximum atomic E-state index is 13.1. The number of amides is 1. The highest BCUT2D eigenvalue weighted by Gasteiger charge is 2.43. The molecule has 0 spiro atoms. The third-order valence-electron chi connectivity index (χ3n) is 4.54. The van der Waals surface area contributed by atoms with Gasteiger partial charge in [-0.05, 0) is 31.0 Å². The number of carbonyl (C=O) groups excluding carboxylic acids is 2. The number of rotatable bonds is 3. The van der Waals surface area contributed by atoms with Gasteiger partial charge in [0.25, 0.3) is 0 Å². The molecule has 5 nitrogen and oxygen atoms in total. The van der Waals surface area contributed by atoms with E-state index in [1.54, 1.807) is 0 Å². The summed E-state index contributed by atoms with van der Waals surface area (Å²) in [4.78, 5) is 25.4. The van der Waals surface area contributed by atoms with E-state index in [9.17, 15) is 14.0 Å². The molecule has 2 aliphatic rings. The number of esters is 1. The molecule has 0 bridgehead atoms. The van der Waals surface area contributed by atoms with E-state index in [0.717, 1.165) is 30.7 Å². The minimum absolute atomic E-state index is 0.0541. The fraction of sp³-hybridized carbons (Fsp3) is 0.500. The van der Waals surface area contributed by atoms with Crippen LogP contribution in [-0.2, 0) is 14.3 Å². The number of nitrogens with one attached hydrogen (secondary N) is 2. The van der Waals surface area contributed by atoms with Crippen molar-refractivity contribution in [3.05, 3.63) is 29.0 Å². The van der Waals surface area contributed by atoms with Crippen LogP contribution in [-0.4, -0.2) is 37.1 Å². The molecule has 0 saturated carbocycles. The van der Waals surface area contributed by atoms with Gasteiger partial charge in [0, 0.05) is 12.1 Å². The Bertz CT molecular complexity index is 625. The molecular formula is C16H19ClFN2O3+. The number of halogens is 2. The van der Waals surface area contributed by atoms with Gasteiger partial charge in [-0.1, -0.05) is 11.6 Å². The van der Waals surface area contributed by atoms with Crippen molar-refractivity contribution in [1.29, 1.82) is 0 Å². The average Bonchev–Trinajstić information content (AvgIpc) is 2.54. The van der Waals surface area contributed by atoms with Crippen LogP contribution in [0.2, 0.25) is 5.02 Å². The second-order valence-electron chi connectivity index (χ2n) is 6.08. The van der Waals surface area contributed by atoms with Crippen molar-refractivity contribution in [3.8, 4) is 0 Å². The molecule has 2 N–H and O–H groups in total. The maximum Gasteiger partial charge on any atom is 0.365 e. The number of anilines is 1. The molecule has 1 amide bonds. The van der Waals surface area contributed by atoms with Gasteiger partial charge >= 0.3 is 5.97 Å². The number of morpholine rings is 1. The van der Waals surface area contributed by atoms with Crippen LogP contribution in [0, 0.1) is 5.82 Å². The highest BCUT2D eigenvalue weighted by molar-refractivity contribution is 6.31. The average molecular weight is 342 g/mol. The number of hydrogen-bond donors (Lipinski definition) is 2. The lowest BCUT2D eigenvalue weighted by Crippen LogP contribution is -3.22. The first kappa shape index (κ1) is 16.2. The fourth-order valence-electron chi connectivity index (χ4n) is 3.38. The highest BCUT2D eigenvalue weighted by atomic mass is 35.5. The summed E-state index contributed by atoms with van der Waals surface area (Å²) in [6.45, 7) is 1.33. The number of piperidine rings is 1. The molecule has 124 valence electrons. The first-order chi connectivity index (χ1) is 11.0. The molecule has 0 aromatic heterocycles. The highest BCUT2D eigenvalue weighted by Crippen LogP contribution is 2.19. The monoisotopic (exact) mass is 341 g/mol. The zero-order valence-corrected chi connectivity index (χ0v) is 13.4. The molecule has 3 atom stereocenters. The van der Waals surface area contributed by atoms with Crippen molar-refractivity contribution in [2.45, 2.75) is 37.8 Å². The van der Waals surface area contributed by atoms with Gasteiger partial charge in [-0.3, -0.25) is 4.79 Å². The van der Waals surface area contributed by atoms with E-state index in [0.29, 0.717) is 18.3 Å². The van der Waals surface area contributed by atoms with E-state index >= 15 is 0 Å².